The molecule has 0 spiro atoms. The van der Waals surface area contributed by atoms with Gasteiger partial charge in [-0.1, -0.05) is 331 Å². The second kappa shape index (κ2) is 81.3. The normalized spacial score (nSPS) is 14.2. The van der Waals surface area contributed by atoms with E-state index in [1.54, 1.807) is 0 Å². The van der Waals surface area contributed by atoms with E-state index in [1.807, 2.05) is 0 Å². The van der Waals surface area contributed by atoms with Gasteiger partial charge >= 0.3 is 39.5 Å². The van der Waals surface area contributed by atoms with Crippen LogP contribution in [0.15, 0.2) is 85.1 Å². The number of esters is 4. The molecule has 0 aliphatic carbocycles. The minimum Gasteiger partial charge on any atom is -0.462 e. The Kier molecular flexibility index (Phi) is 78.4. The highest BCUT2D eigenvalue weighted by atomic mass is 31.2. The first-order valence-corrected chi connectivity index (χ1v) is 46.8. The smallest absolute Gasteiger partial charge is 0.462 e. The lowest BCUT2D eigenvalue weighted by atomic mass is 10.0. The molecular formula is C89H160O17P2. The first-order valence-electron chi connectivity index (χ1n) is 43.8. The molecule has 0 amide bonds. The Balaban J connectivity index is 5.38. The van der Waals surface area contributed by atoms with E-state index < -0.39 is 97.5 Å². The summed E-state index contributed by atoms with van der Waals surface area (Å²) in [7, 11) is -9.97. The predicted molar refractivity (Wildman–Crippen MR) is 446 cm³/mol. The van der Waals surface area contributed by atoms with Gasteiger partial charge in [-0.3, -0.25) is 37.3 Å². The number of ether oxygens (including phenoxy) is 4. The fourth-order valence-corrected chi connectivity index (χ4v) is 13.7. The minimum atomic E-state index is -4.99. The van der Waals surface area contributed by atoms with E-state index in [4.69, 9.17) is 37.0 Å². The first-order chi connectivity index (χ1) is 52.7. The van der Waals surface area contributed by atoms with Crippen LogP contribution in [-0.2, 0) is 65.4 Å². The van der Waals surface area contributed by atoms with Crippen LogP contribution >= 0.6 is 15.6 Å². The maximum absolute atomic E-state index is 13.2. The highest BCUT2D eigenvalue weighted by molar-refractivity contribution is 7.47. The molecule has 0 bridgehead atoms. The lowest BCUT2D eigenvalue weighted by Gasteiger charge is -2.21. The Labute approximate surface area is 659 Å². The fraction of sp³-hybridized carbons (Fsp3) is 0.798. The lowest BCUT2D eigenvalue weighted by Crippen LogP contribution is -2.30. The Morgan fingerprint density at radius 2 is 0.454 bits per heavy atom. The van der Waals surface area contributed by atoms with Crippen molar-refractivity contribution in [1.29, 1.82) is 0 Å². The molecule has 5 atom stereocenters. The van der Waals surface area contributed by atoms with E-state index in [0.717, 1.165) is 180 Å². The van der Waals surface area contributed by atoms with Crippen LogP contribution in [0.1, 0.15) is 400 Å². The zero-order valence-corrected chi connectivity index (χ0v) is 70.8. The summed E-state index contributed by atoms with van der Waals surface area (Å²) in [6.07, 6.45) is 86.7. The van der Waals surface area contributed by atoms with Gasteiger partial charge in [0.2, 0.25) is 0 Å². The van der Waals surface area contributed by atoms with Crippen LogP contribution in [0.3, 0.4) is 0 Å². The zero-order chi connectivity index (χ0) is 78.9. The molecule has 0 aliphatic rings. The third kappa shape index (κ3) is 80.3. The van der Waals surface area contributed by atoms with Crippen molar-refractivity contribution in [2.75, 3.05) is 39.6 Å². The summed E-state index contributed by atoms with van der Waals surface area (Å²) in [5.74, 6) is -2.18. The van der Waals surface area contributed by atoms with Crippen LogP contribution in [0.4, 0.5) is 0 Å². The fourth-order valence-electron chi connectivity index (χ4n) is 12.1. The Morgan fingerprint density at radius 3 is 0.722 bits per heavy atom. The van der Waals surface area contributed by atoms with E-state index in [2.05, 4.69) is 113 Å². The van der Waals surface area contributed by atoms with Gasteiger partial charge in [0.25, 0.3) is 0 Å². The van der Waals surface area contributed by atoms with Crippen LogP contribution in [0, 0.1) is 0 Å². The number of aliphatic hydroxyl groups is 1. The van der Waals surface area contributed by atoms with Gasteiger partial charge in [0.15, 0.2) is 12.2 Å². The first kappa shape index (κ1) is 104. The van der Waals surface area contributed by atoms with Crippen molar-refractivity contribution in [2.45, 2.75) is 418 Å². The van der Waals surface area contributed by atoms with E-state index in [-0.39, 0.29) is 25.7 Å². The van der Waals surface area contributed by atoms with Crippen LogP contribution in [-0.4, -0.2) is 96.7 Å². The van der Waals surface area contributed by atoms with Crippen molar-refractivity contribution < 1.29 is 80.2 Å². The molecule has 0 aromatic rings. The zero-order valence-electron chi connectivity index (χ0n) is 69.0. The predicted octanol–water partition coefficient (Wildman–Crippen LogP) is 26.1. The number of phosphoric ester groups is 2. The second-order valence-corrected chi connectivity index (χ2v) is 32.4. The van der Waals surface area contributed by atoms with Crippen molar-refractivity contribution in [3.05, 3.63) is 85.1 Å². The molecule has 0 aromatic heterocycles. The highest BCUT2D eigenvalue weighted by Gasteiger charge is 2.30. The molecule has 0 saturated carbocycles. The number of hydrogen-bond acceptors (Lipinski definition) is 15. The SMILES string of the molecule is CCCCC/C=C\C/C=C\C/C=C\CCCCCCCCC(=O)OCC(COP(=O)(O)OCC(O)COP(=O)(O)OCC(COC(=O)CCCCCCC/C=C\CCCCCCCC)OC(=O)CCCCCCCCCCCCCCCCC)OC(=O)CCCCCCCC/C=C\C/C=C\C/C=C\CCCCC. The van der Waals surface area contributed by atoms with Crippen molar-refractivity contribution in [3.8, 4) is 0 Å². The lowest BCUT2D eigenvalue weighted by molar-refractivity contribution is -0.161. The average molecular weight is 1560 g/mol. The number of aliphatic hydroxyl groups excluding tert-OH is 1. The number of carbonyl (C=O) groups is 4. The quantitative estimate of drug-likeness (QED) is 0.0169. The number of unbranched alkanes of at least 4 members (excludes halogenated alkanes) is 43. The summed E-state index contributed by atoms with van der Waals surface area (Å²) in [6.45, 7) is 4.87. The number of phosphoric acid groups is 2. The van der Waals surface area contributed by atoms with Crippen molar-refractivity contribution in [3.63, 3.8) is 0 Å². The molecule has 108 heavy (non-hydrogen) atoms. The summed E-state index contributed by atoms with van der Waals surface area (Å²) in [5, 5.41) is 10.7. The van der Waals surface area contributed by atoms with Crippen LogP contribution in [0.2, 0.25) is 0 Å². The van der Waals surface area contributed by atoms with E-state index in [1.165, 1.54) is 141 Å². The Bertz CT molecular complexity index is 2370. The molecule has 628 valence electrons. The highest BCUT2D eigenvalue weighted by Crippen LogP contribution is 2.45. The molecule has 0 aromatic carbocycles. The third-order valence-corrected chi connectivity index (χ3v) is 20.7. The standard InChI is InChI=1S/C89H160O17P2/c1-5-9-13-17-21-25-29-33-37-39-41-43-47-50-54-58-62-66-70-74-87(92)100-80-85(106-89(94)76-72-68-64-60-56-52-48-44-42-40-38-34-30-26-22-18-14-10-6-2)82-104-108(97,98)102-78-83(90)77-101-107(95,96)103-81-84(105-88(93)75-71-67-63-59-55-51-46-36-32-28-24-20-16-12-8-4)79-99-86(91)73-69-65-61-57-53-49-45-35-31-27-23-19-15-11-7-3/h21-22,25-26,33-35,37-38,41-45,83-85,90H,5-20,23-24,27-32,36,39-40,46-82H2,1-4H3,(H,95,96)(H,97,98)/b25-21-,26-22-,37-33-,38-34-,43-41-,44-42-,45-35-. The summed E-state index contributed by atoms with van der Waals surface area (Å²) in [6, 6.07) is 0. The molecule has 17 nitrogen and oxygen atoms in total. The number of rotatable bonds is 83. The Morgan fingerprint density at radius 1 is 0.259 bits per heavy atom. The summed E-state index contributed by atoms with van der Waals surface area (Å²) in [5.41, 5.74) is 0. The molecule has 0 fully saturated rings. The molecule has 0 aliphatic heterocycles. The van der Waals surface area contributed by atoms with Crippen LogP contribution in [0.5, 0.6) is 0 Å². The summed E-state index contributed by atoms with van der Waals surface area (Å²) >= 11 is 0. The maximum atomic E-state index is 13.2. The van der Waals surface area contributed by atoms with E-state index in [9.17, 15) is 43.2 Å². The third-order valence-electron chi connectivity index (χ3n) is 18.8. The monoisotopic (exact) mass is 1560 g/mol. The van der Waals surface area contributed by atoms with Gasteiger partial charge in [0.1, 0.15) is 19.3 Å². The van der Waals surface area contributed by atoms with Crippen molar-refractivity contribution >= 4 is 39.5 Å². The van der Waals surface area contributed by atoms with Gasteiger partial charge in [0, 0.05) is 25.7 Å². The van der Waals surface area contributed by atoms with Gasteiger partial charge in [-0.05, 0) is 128 Å². The van der Waals surface area contributed by atoms with E-state index >= 15 is 0 Å². The van der Waals surface area contributed by atoms with E-state index in [0.29, 0.717) is 25.7 Å². The summed E-state index contributed by atoms with van der Waals surface area (Å²) < 4.78 is 68.9. The molecule has 5 unspecified atom stereocenters. The molecular weight excluding hydrogens is 1400 g/mol. The molecule has 0 saturated heterocycles. The maximum Gasteiger partial charge on any atom is 0.472 e. The van der Waals surface area contributed by atoms with Gasteiger partial charge in [0.05, 0.1) is 26.4 Å². The number of carbonyl (C=O) groups excluding carboxylic acids is 4. The van der Waals surface area contributed by atoms with Gasteiger partial charge in [-0.25, -0.2) is 9.13 Å². The molecule has 0 rings (SSSR count). The van der Waals surface area contributed by atoms with Gasteiger partial charge in [-0.15, -0.1) is 0 Å². The van der Waals surface area contributed by atoms with Crippen molar-refractivity contribution in [1.82, 2.24) is 0 Å². The van der Waals surface area contributed by atoms with Crippen molar-refractivity contribution in [2.24, 2.45) is 0 Å². The molecule has 0 radical (unpaired) electrons. The number of hydrogen-bond donors (Lipinski definition) is 3. The molecule has 19 heteroatoms. The Hall–Kier alpha value is -3.76. The largest absolute Gasteiger partial charge is 0.472 e. The van der Waals surface area contributed by atoms with Gasteiger partial charge in [-0.2, -0.15) is 0 Å². The van der Waals surface area contributed by atoms with Crippen LogP contribution < -0.4 is 0 Å². The minimum absolute atomic E-state index is 0.0787. The van der Waals surface area contributed by atoms with Gasteiger partial charge < -0.3 is 33.8 Å². The topological polar surface area (TPSA) is 237 Å². The average Bonchev–Trinajstić information content (AvgIpc) is 0.896. The second-order valence-electron chi connectivity index (χ2n) is 29.5. The molecule has 3 N–H and O–H groups in total. The summed E-state index contributed by atoms with van der Waals surface area (Å²) in [4.78, 5) is 73.3. The van der Waals surface area contributed by atoms with Crippen LogP contribution in [0.25, 0.3) is 0 Å². The molecule has 0 heterocycles. The number of allylic oxidation sites excluding steroid dienone is 14.